The van der Waals surface area contributed by atoms with Crippen LogP contribution in [0.5, 0.6) is 0 Å². The van der Waals surface area contributed by atoms with Crippen LogP contribution >= 0.6 is 0 Å². The van der Waals surface area contributed by atoms with Crippen molar-refractivity contribution in [1.29, 1.82) is 0 Å². The molecule has 1 N–H and O–H groups in total. The standard InChI is InChI=1S/C10H13N/c1-8-6-7-9-4-2-3-5-10(9)11-8/h2,4,11H,1,3,5-7H2. The molecule has 0 bridgehead atoms. The second-order valence-electron chi connectivity index (χ2n) is 3.17. The summed E-state index contributed by atoms with van der Waals surface area (Å²) in [5, 5.41) is 3.35. The molecule has 0 amide bonds. The summed E-state index contributed by atoms with van der Waals surface area (Å²) in [6.45, 7) is 3.94. The lowest BCUT2D eigenvalue weighted by Gasteiger charge is -2.24. The normalized spacial score (nSPS) is 23.1. The maximum atomic E-state index is 3.94. The molecule has 2 rings (SSSR count). The summed E-state index contributed by atoms with van der Waals surface area (Å²) in [7, 11) is 0. The van der Waals surface area contributed by atoms with Crippen LogP contribution in [-0.2, 0) is 0 Å². The van der Waals surface area contributed by atoms with Crippen LogP contribution < -0.4 is 5.32 Å². The van der Waals surface area contributed by atoms with Crippen molar-refractivity contribution in [3.8, 4) is 0 Å². The van der Waals surface area contributed by atoms with Gasteiger partial charge in [-0.25, -0.2) is 0 Å². The molecule has 0 aromatic heterocycles. The number of hydrogen-bond donors (Lipinski definition) is 1. The lowest BCUT2D eigenvalue weighted by molar-refractivity contribution is 0.714. The Morgan fingerprint density at radius 2 is 2.18 bits per heavy atom. The SMILES string of the molecule is C=C1CCC2=C(CCC=C2)N1. The van der Waals surface area contributed by atoms with Gasteiger partial charge in [-0.3, -0.25) is 0 Å². The monoisotopic (exact) mass is 147 g/mol. The van der Waals surface area contributed by atoms with E-state index in [0.29, 0.717) is 0 Å². The highest BCUT2D eigenvalue weighted by Gasteiger charge is 2.13. The number of rotatable bonds is 0. The van der Waals surface area contributed by atoms with Crippen LogP contribution in [0.2, 0.25) is 0 Å². The Morgan fingerprint density at radius 3 is 3.09 bits per heavy atom. The highest BCUT2D eigenvalue weighted by molar-refractivity contribution is 5.33. The van der Waals surface area contributed by atoms with Gasteiger partial charge in [0.05, 0.1) is 0 Å². The van der Waals surface area contributed by atoms with Gasteiger partial charge in [0.25, 0.3) is 0 Å². The summed E-state index contributed by atoms with van der Waals surface area (Å²) in [4.78, 5) is 0. The molecule has 0 aromatic rings. The van der Waals surface area contributed by atoms with E-state index in [1.54, 1.807) is 0 Å². The fraction of sp³-hybridized carbons (Fsp3) is 0.400. The Balaban J connectivity index is 2.26. The van der Waals surface area contributed by atoms with Gasteiger partial charge in [0.2, 0.25) is 0 Å². The topological polar surface area (TPSA) is 12.0 Å². The van der Waals surface area contributed by atoms with E-state index < -0.39 is 0 Å². The fourth-order valence-corrected chi connectivity index (χ4v) is 1.65. The zero-order valence-corrected chi connectivity index (χ0v) is 6.69. The number of nitrogens with one attached hydrogen (secondary N) is 1. The Hall–Kier alpha value is -0.980. The van der Waals surface area contributed by atoms with Gasteiger partial charge in [0.15, 0.2) is 0 Å². The van der Waals surface area contributed by atoms with Gasteiger partial charge in [-0.1, -0.05) is 18.7 Å². The minimum atomic E-state index is 1.10. The maximum Gasteiger partial charge on any atom is 0.0184 e. The third-order valence-electron chi connectivity index (χ3n) is 2.29. The molecular weight excluding hydrogens is 134 g/mol. The first-order valence-corrected chi connectivity index (χ1v) is 4.19. The van der Waals surface area contributed by atoms with Gasteiger partial charge in [0.1, 0.15) is 0 Å². The van der Waals surface area contributed by atoms with Crippen LogP contribution in [0, 0.1) is 0 Å². The zero-order chi connectivity index (χ0) is 7.68. The van der Waals surface area contributed by atoms with Gasteiger partial charge in [0, 0.05) is 11.4 Å². The van der Waals surface area contributed by atoms with Crippen molar-refractivity contribution in [3.63, 3.8) is 0 Å². The van der Waals surface area contributed by atoms with E-state index in [0.717, 1.165) is 6.42 Å². The van der Waals surface area contributed by atoms with E-state index in [1.165, 1.54) is 36.2 Å². The van der Waals surface area contributed by atoms with Gasteiger partial charge in [-0.15, -0.1) is 0 Å². The molecule has 58 valence electrons. The maximum absolute atomic E-state index is 3.94. The van der Waals surface area contributed by atoms with Crippen molar-refractivity contribution in [2.45, 2.75) is 25.7 Å². The van der Waals surface area contributed by atoms with Crippen molar-refractivity contribution in [3.05, 3.63) is 35.7 Å². The van der Waals surface area contributed by atoms with E-state index in [9.17, 15) is 0 Å². The molecule has 0 radical (unpaired) electrons. The van der Waals surface area contributed by atoms with Crippen LogP contribution in [0.25, 0.3) is 0 Å². The predicted octanol–water partition coefficient (Wildman–Crippen LogP) is 2.49. The highest BCUT2D eigenvalue weighted by Crippen LogP contribution is 2.26. The van der Waals surface area contributed by atoms with Gasteiger partial charge in [-0.2, -0.15) is 0 Å². The van der Waals surface area contributed by atoms with E-state index >= 15 is 0 Å². The van der Waals surface area contributed by atoms with Crippen molar-refractivity contribution in [2.24, 2.45) is 0 Å². The van der Waals surface area contributed by atoms with Gasteiger partial charge >= 0.3 is 0 Å². The molecule has 0 fully saturated rings. The molecule has 1 heterocycles. The predicted molar refractivity (Wildman–Crippen MR) is 46.9 cm³/mol. The molecule has 0 unspecified atom stereocenters. The van der Waals surface area contributed by atoms with Crippen LogP contribution in [0.3, 0.4) is 0 Å². The van der Waals surface area contributed by atoms with Crippen molar-refractivity contribution in [1.82, 2.24) is 5.32 Å². The molecule has 0 saturated heterocycles. The highest BCUT2D eigenvalue weighted by atomic mass is 14.9. The molecule has 2 aliphatic rings. The van der Waals surface area contributed by atoms with Crippen LogP contribution in [0.4, 0.5) is 0 Å². The molecule has 1 nitrogen and oxygen atoms in total. The van der Waals surface area contributed by atoms with Crippen LogP contribution in [-0.4, -0.2) is 0 Å². The fourth-order valence-electron chi connectivity index (χ4n) is 1.65. The van der Waals surface area contributed by atoms with E-state index in [2.05, 4.69) is 24.0 Å². The van der Waals surface area contributed by atoms with Crippen molar-refractivity contribution in [2.75, 3.05) is 0 Å². The molecule has 11 heavy (non-hydrogen) atoms. The largest absolute Gasteiger partial charge is 0.363 e. The minimum absolute atomic E-state index is 1.10. The average Bonchev–Trinajstić information content (AvgIpc) is 2.04. The summed E-state index contributed by atoms with van der Waals surface area (Å²) in [5.74, 6) is 0. The molecule has 0 spiro atoms. The third-order valence-corrected chi connectivity index (χ3v) is 2.29. The van der Waals surface area contributed by atoms with Gasteiger partial charge < -0.3 is 5.32 Å². The summed E-state index contributed by atoms with van der Waals surface area (Å²) in [6.07, 6.45) is 9.14. The lowest BCUT2D eigenvalue weighted by atomic mass is 9.95. The first kappa shape index (κ1) is 6.71. The summed E-state index contributed by atoms with van der Waals surface area (Å²) < 4.78 is 0. The lowest BCUT2D eigenvalue weighted by Crippen LogP contribution is -2.19. The Morgan fingerprint density at radius 1 is 1.27 bits per heavy atom. The molecule has 0 atom stereocenters. The second kappa shape index (κ2) is 2.57. The van der Waals surface area contributed by atoms with E-state index in [4.69, 9.17) is 0 Å². The Kier molecular flexibility index (Phi) is 1.57. The molecule has 1 heteroatoms. The summed E-state index contributed by atoms with van der Waals surface area (Å²) in [6, 6.07) is 0. The van der Waals surface area contributed by atoms with Gasteiger partial charge in [-0.05, 0) is 31.3 Å². The van der Waals surface area contributed by atoms with Crippen LogP contribution in [0.1, 0.15) is 25.7 Å². The Bertz CT molecular complexity index is 246. The van der Waals surface area contributed by atoms with Crippen molar-refractivity contribution < 1.29 is 0 Å². The zero-order valence-electron chi connectivity index (χ0n) is 6.69. The average molecular weight is 147 g/mol. The first-order chi connectivity index (χ1) is 5.36. The van der Waals surface area contributed by atoms with E-state index in [1.807, 2.05) is 0 Å². The Labute approximate surface area is 67.5 Å². The second-order valence-corrected chi connectivity index (χ2v) is 3.17. The minimum Gasteiger partial charge on any atom is -0.363 e. The number of allylic oxidation sites excluding steroid dienone is 5. The first-order valence-electron chi connectivity index (χ1n) is 4.19. The molecule has 0 saturated carbocycles. The van der Waals surface area contributed by atoms with E-state index in [-0.39, 0.29) is 0 Å². The molecular formula is C10H13N. The summed E-state index contributed by atoms with van der Waals surface area (Å²) >= 11 is 0. The molecule has 1 aliphatic carbocycles. The van der Waals surface area contributed by atoms with Crippen LogP contribution in [0.15, 0.2) is 35.7 Å². The molecule has 0 aromatic carbocycles. The quantitative estimate of drug-likeness (QED) is 0.555. The third kappa shape index (κ3) is 1.23. The van der Waals surface area contributed by atoms with Crippen molar-refractivity contribution >= 4 is 0 Å². The molecule has 1 aliphatic heterocycles. The summed E-state index contributed by atoms with van der Waals surface area (Å²) in [5.41, 5.74) is 4.08. The number of hydrogen-bond acceptors (Lipinski definition) is 1. The smallest absolute Gasteiger partial charge is 0.0184 e.